The Labute approximate surface area is 156 Å². The molecule has 1 N–H and O–H groups in total. The van der Waals surface area contributed by atoms with Gasteiger partial charge in [-0.25, -0.2) is 13.6 Å². The highest BCUT2D eigenvalue weighted by atomic mass is 19.1. The van der Waals surface area contributed by atoms with Crippen molar-refractivity contribution in [3.05, 3.63) is 65.2 Å². The Bertz CT molecular complexity index is 793. The normalized spacial score (nSPS) is 11.6. The van der Waals surface area contributed by atoms with Crippen LogP contribution in [0.25, 0.3) is 0 Å². The monoisotopic (exact) mass is 377 g/mol. The maximum atomic E-state index is 13.7. The Hall–Kier alpha value is -2.96. The minimum atomic E-state index is -0.759. The lowest BCUT2D eigenvalue weighted by Crippen LogP contribution is -2.31. The third-order valence-electron chi connectivity index (χ3n) is 3.70. The van der Waals surface area contributed by atoms with Gasteiger partial charge in [-0.3, -0.25) is 4.79 Å². The molecule has 0 heterocycles. The number of esters is 1. The number of halogens is 2. The van der Waals surface area contributed by atoms with Crippen molar-refractivity contribution in [3.63, 3.8) is 0 Å². The molecule has 0 saturated heterocycles. The molecule has 7 heteroatoms. The van der Waals surface area contributed by atoms with Crippen LogP contribution in [-0.4, -0.2) is 25.1 Å². The molecule has 0 saturated carbocycles. The standard InChI is InChI=1S/C20H21F2NO4/c1-3-10-26-16-7-4-14(5-8-16)20(25)27-12-19(24)23-13(2)17-9-6-15(21)11-18(17)22/h4-9,11,13H,3,10,12H2,1-2H3,(H,23,24)/t13-/m1/s1. The van der Waals surface area contributed by atoms with E-state index >= 15 is 0 Å². The first-order chi connectivity index (χ1) is 12.9. The van der Waals surface area contributed by atoms with Crippen molar-refractivity contribution in [2.24, 2.45) is 0 Å². The van der Waals surface area contributed by atoms with E-state index in [2.05, 4.69) is 5.32 Å². The van der Waals surface area contributed by atoms with Gasteiger partial charge in [0.1, 0.15) is 17.4 Å². The summed E-state index contributed by atoms with van der Waals surface area (Å²) in [6.07, 6.45) is 0.874. The van der Waals surface area contributed by atoms with Gasteiger partial charge in [0.05, 0.1) is 18.2 Å². The Kier molecular flexibility index (Phi) is 7.28. The average Bonchev–Trinajstić information content (AvgIpc) is 2.64. The average molecular weight is 377 g/mol. The summed E-state index contributed by atoms with van der Waals surface area (Å²) in [7, 11) is 0. The summed E-state index contributed by atoms with van der Waals surface area (Å²) in [5.74, 6) is -2.07. The molecule has 0 aliphatic rings. The molecule has 1 amide bonds. The summed E-state index contributed by atoms with van der Waals surface area (Å²) in [6, 6.07) is 8.78. The molecule has 0 aliphatic carbocycles. The van der Waals surface area contributed by atoms with E-state index in [1.54, 1.807) is 31.2 Å². The molecule has 0 aliphatic heterocycles. The van der Waals surface area contributed by atoms with E-state index < -0.39 is 36.2 Å². The van der Waals surface area contributed by atoms with E-state index in [0.717, 1.165) is 18.6 Å². The fourth-order valence-electron chi connectivity index (χ4n) is 2.34. The lowest BCUT2D eigenvalue weighted by atomic mass is 10.1. The van der Waals surface area contributed by atoms with Crippen LogP contribution in [-0.2, 0) is 9.53 Å². The van der Waals surface area contributed by atoms with Gasteiger partial charge in [-0.15, -0.1) is 0 Å². The van der Waals surface area contributed by atoms with Gasteiger partial charge in [-0.05, 0) is 43.7 Å². The van der Waals surface area contributed by atoms with Crippen molar-refractivity contribution in [3.8, 4) is 5.75 Å². The number of carbonyl (C=O) groups is 2. The second-order valence-corrected chi connectivity index (χ2v) is 5.90. The molecule has 2 rings (SSSR count). The van der Waals surface area contributed by atoms with Crippen LogP contribution < -0.4 is 10.1 Å². The second-order valence-electron chi connectivity index (χ2n) is 5.90. The number of rotatable bonds is 8. The van der Waals surface area contributed by atoms with Crippen LogP contribution in [0, 0.1) is 11.6 Å². The maximum absolute atomic E-state index is 13.7. The Morgan fingerprint density at radius 3 is 2.44 bits per heavy atom. The van der Waals surface area contributed by atoms with Gasteiger partial charge in [0.2, 0.25) is 0 Å². The van der Waals surface area contributed by atoms with Crippen LogP contribution >= 0.6 is 0 Å². The van der Waals surface area contributed by atoms with Crippen LogP contribution in [0.15, 0.2) is 42.5 Å². The van der Waals surface area contributed by atoms with Crippen molar-refractivity contribution in [1.29, 1.82) is 0 Å². The van der Waals surface area contributed by atoms with E-state index in [4.69, 9.17) is 9.47 Å². The molecule has 0 spiro atoms. The zero-order valence-corrected chi connectivity index (χ0v) is 15.1. The minimum absolute atomic E-state index is 0.138. The predicted molar refractivity (Wildman–Crippen MR) is 95.4 cm³/mol. The molecule has 5 nitrogen and oxygen atoms in total. The fraction of sp³-hybridized carbons (Fsp3) is 0.300. The predicted octanol–water partition coefficient (Wildman–Crippen LogP) is 3.79. The molecule has 2 aromatic carbocycles. The minimum Gasteiger partial charge on any atom is -0.494 e. The van der Waals surface area contributed by atoms with Gasteiger partial charge in [0, 0.05) is 11.6 Å². The first-order valence-electron chi connectivity index (χ1n) is 8.55. The van der Waals surface area contributed by atoms with Crippen LogP contribution in [0.3, 0.4) is 0 Å². The van der Waals surface area contributed by atoms with Gasteiger partial charge >= 0.3 is 5.97 Å². The SMILES string of the molecule is CCCOc1ccc(C(=O)OCC(=O)N[C@H](C)c2ccc(F)cc2F)cc1. The molecule has 0 bridgehead atoms. The lowest BCUT2D eigenvalue weighted by molar-refractivity contribution is -0.124. The van der Waals surface area contributed by atoms with Gasteiger partial charge in [0.25, 0.3) is 5.91 Å². The molecular formula is C20H21F2NO4. The van der Waals surface area contributed by atoms with Gasteiger partial charge in [0.15, 0.2) is 6.61 Å². The van der Waals surface area contributed by atoms with Gasteiger partial charge in [-0.1, -0.05) is 13.0 Å². The first kappa shape index (κ1) is 20.4. The van der Waals surface area contributed by atoms with Crippen molar-refractivity contribution >= 4 is 11.9 Å². The molecule has 1 atom stereocenters. The number of hydrogen-bond acceptors (Lipinski definition) is 4. The van der Waals surface area contributed by atoms with E-state index in [1.165, 1.54) is 6.07 Å². The molecule has 2 aromatic rings. The molecule has 0 aromatic heterocycles. The number of amides is 1. The van der Waals surface area contributed by atoms with Crippen LogP contribution in [0.2, 0.25) is 0 Å². The molecule has 0 fully saturated rings. The van der Waals surface area contributed by atoms with Gasteiger partial charge < -0.3 is 14.8 Å². The number of hydrogen-bond donors (Lipinski definition) is 1. The quantitative estimate of drug-likeness (QED) is 0.711. The Morgan fingerprint density at radius 2 is 1.81 bits per heavy atom. The van der Waals surface area contributed by atoms with Gasteiger partial charge in [-0.2, -0.15) is 0 Å². The Morgan fingerprint density at radius 1 is 1.11 bits per heavy atom. The van der Waals surface area contributed by atoms with E-state index in [-0.39, 0.29) is 11.1 Å². The second kappa shape index (κ2) is 9.66. The highest BCUT2D eigenvalue weighted by Crippen LogP contribution is 2.17. The summed E-state index contributed by atoms with van der Waals surface area (Å²) in [6.45, 7) is 3.60. The van der Waals surface area contributed by atoms with Crippen LogP contribution in [0.1, 0.15) is 42.2 Å². The molecule has 0 radical (unpaired) electrons. The van der Waals surface area contributed by atoms with Crippen molar-refractivity contribution in [1.82, 2.24) is 5.32 Å². The molecule has 27 heavy (non-hydrogen) atoms. The summed E-state index contributed by atoms with van der Waals surface area (Å²) < 4.78 is 37.0. The molecular weight excluding hydrogens is 356 g/mol. The van der Waals surface area contributed by atoms with Crippen LogP contribution in [0.4, 0.5) is 8.78 Å². The topological polar surface area (TPSA) is 64.6 Å². The zero-order valence-electron chi connectivity index (χ0n) is 15.1. The third kappa shape index (κ3) is 6.06. The van der Waals surface area contributed by atoms with E-state index in [9.17, 15) is 18.4 Å². The van der Waals surface area contributed by atoms with E-state index in [1.807, 2.05) is 6.92 Å². The Balaban J connectivity index is 1.84. The number of ether oxygens (including phenoxy) is 2. The number of benzene rings is 2. The maximum Gasteiger partial charge on any atom is 0.338 e. The number of carbonyl (C=O) groups excluding carboxylic acids is 2. The summed E-state index contributed by atoms with van der Waals surface area (Å²) in [4.78, 5) is 23.9. The summed E-state index contributed by atoms with van der Waals surface area (Å²) >= 11 is 0. The first-order valence-corrected chi connectivity index (χ1v) is 8.55. The summed E-state index contributed by atoms with van der Waals surface area (Å²) in [5.41, 5.74) is 0.419. The molecule has 144 valence electrons. The van der Waals surface area contributed by atoms with E-state index in [0.29, 0.717) is 12.4 Å². The highest BCUT2D eigenvalue weighted by molar-refractivity contribution is 5.91. The lowest BCUT2D eigenvalue weighted by Gasteiger charge is -2.15. The summed E-state index contributed by atoms with van der Waals surface area (Å²) in [5, 5.41) is 2.50. The highest BCUT2D eigenvalue weighted by Gasteiger charge is 2.16. The smallest absolute Gasteiger partial charge is 0.338 e. The fourth-order valence-corrected chi connectivity index (χ4v) is 2.34. The third-order valence-corrected chi connectivity index (χ3v) is 3.70. The largest absolute Gasteiger partial charge is 0.494 e. The van der Waals surface area contributed by atoms with Crippen molar-refractivity contribution in [2.45, 2.75) is 26.3 Å². The van der Waals surface area contributed by atoms with Crippen molar-refractivity contribution in [2.75, 3.05) is 13.2 Å². The molecule has 0 unspecified atom stereocenters. The zero-order chi connectivity index (χ0) is 19.8. The van der Waals surface area contributed by atoms with Crippen molar-refractivity contribution < 1.29 is 27.8 Å². The van der Waals surface area contributed by atoms with Crippen LogP contribution in [0.5, 0.6) is 5.75 Å². The number of nitrogens with one attached hydrogen (secondary N) is 1.